The van der Waals surface area contributed by atoms with Gasteiger partial charge in [-0.15, -0.1) is 0 Å². The lowest BCUT2D eigenvalue weighted by molar-refractivity contribution is 0.379. The molecule has 1 aliphatic carbocycles. The summed E-state index contributed by atoms with van der Waals surface area (Å²) in [4.78, 5) is 0. The Hall–Kier alpha value is -0.300. The summed E-state index contributed by atoms with van der Waals surface area (Å²) in [7, 11) is 0. The van der Waals surface area contributed by atoms with E-state index in [1.54, 1.807) is 0 Å². The Morgan fingerprint density at radius 2 is 2.15 bits per heavy atom. The van der Waals surface area contributed by atoms with Crippen LogP contribution in [0.15, 0.2) is 34.9 Å². The number of halogens is 1. The van der Waals surface area contributed by atoms with E-state index in [4.69, 9.17) is 0 Å². The minimum absolute atomic E-state index is 0.270. The van der Waals surface area contributed by atoms with E-state index in [2.05, 4.69) is 42.9 Å². The van der Waals surface area contributed by atoms with Gasteiger partial charge in [-0.3, -0.25) is 0 Å². The first-order chi connectivity index (χ1) is 5.99. The topological polar surface area (TPSA) is 0 Å². The van der Waals surface area contributed by atoms with E-state index in [1.807, 2.05) is 6.08 Å². The number of hydrogen-bond donors (Lipinski definition) is 0. The lowest BCUT2D eigenvalue weighted by Gasteiger charge is -2.33. The van der Waals surface area contributed by atoms with E-state index < -0.39 is 0 Å². The maximum Gasteiger partial charge on any atom is 0.0138 e. The maximum absolute atomic E-state index is 3.95. The molecule has 1 aliphatic rings. The molecule has 0 saturated carbocycles. The standard InChI is InChI=1S/C12H17Br/c1-5-11-10(9(2)13)7-6-8-12(11,3)4/h5H,1-2,6-8H2,3-4H3. The van der Waals surface area contributed by atoms with Gasteiger partial charge in [0.2, 0.25) is 0 Å². The van der Waals surface area contributed by atoms with Crippen molar-refractivity contribution in [2.75, 3.05) is 0 Å². The summed E-state index contributed by atoms with van der Waals surface area (Å²) in [6.45, 7) is 12.4. The van der Waals surface area contributed by atoms with Gasteiger partial charge in [-0.1, -0.05) is 49.0 Å². The van der Waals surface area contributed by atoms with Crippen molar-refractivity contribution in [3.8, 4) is 0 Å². The van der Waals surface area contributed by atoms with Crippen LogP contribution in [0.4, 0.5) is 0 Å². The Balaban J connectivity index is 3.17. The van der Waals surface area contributed by atoms with Crippen molar-refractivity contribution in [1.82, 2.24) is 0 Å². The van der Waals surface area contributed by atoms with Crippen molar-refractivity contribution in [1.29, 1.82) is 0 Å². The van der Waals surface area contributed by atoms with E-state index in [-0.39, 0.29) is 5.41 Å². The van der Waals surface area contributed by atoms with Crippen LogP contribution in [0.25, 0.3) is 0 Å². The molecule has 0 bridgehead atoms. The van der Waals surface area contributed by atoms with Gasteiger partial charge in [0.15, 0.2) is 0 Å². The summed E-state index contributed by atoms with van der Waals surface area (Å²) in [5.74, 6) is 0. The predicted octanol–water partition coefficient (Wildman–Crippen LogP) is 4.59. The zero-order valence-electron chi connectivity index (χ0n) is 8.49. The summed E-state index contributed by atoms with van der Waals surface area (Å²) in [6, 6.07) is 0. The highest BCUT2D eigenvalue weighted by atomic mass is 79.9. The molecule has 0 N–H and O–H groups in total. The molecule has 0 atom stereocenters. The van der Waals surface area contributed by atoms with Crippen LogP contribution in [-0.2, 0) is 0 Å². The first kappa shape index (κ1) is 10.8. The van der Waals surface area contributed by atoms with E-state index in [0.29, 0.717) is 0 Å². The van der Waals surface area contributed by atoms with Crippen LogP contribution >= 0.6 is 15.9 Å². The molecule has 1 heteroatoms. The van der Waals surface area contributed by atoms with Crippen LogP contribution in [0.1, 0.15) is 33.1 Å². The summed E-state index contributed by atoms with van der Waals surface area (Å²) in [5, 5.41) is 0. The second-order valence-electron chi connectivity index (χ2n) is 4.24. The molecule has 0 aromatic rings. The summed E-state index contributed by atoms with van der Waals surface area (Å²) >= 11 is 3.47. The summed E-state index contributed by atoms with van der Waals surface area (Å²) in [6.07, 6.45) is 5.62. The van der Waals surface area contributed by atoms with Crippen LogP contribution < -0.4 is 0 Å². The highest BCUT2D eigenvalue weighted by Gasteiger charge is 2.28. The molecule has 0 saturated heterocycles. The molecule has 0 radical (unpaired) electrons. The first-order valence-corrected chi connectivity index (χ1v) is 5.49. The van der Waals surface area contributed by atoms with Crippen LogP contribution in [0, 0.1) is 5.41 Å². The Kier molecular flexibility index (Phi) is 3.18. The SMILES string of the molecule is C=CC1=C(C(=C)Br)CCCC1(C)C. The molecule has 0 fully saturated rings. The minimum atomic E-state index is 0.270. The fourth-order valence-electron chi connectivity index (χ4n) is 2.07. The average Bonchev–Trinajstić information content (AvgIpc) is 2.02. The maximum atomic E-state index is 3.95. The van der Waals surface area contributed by atoms with Crippen molar-refractivity contribution in [2.45, 2.75) is 33.1 Å². The third-order valence-corrected chi connectivity index (χ3v) is 3.29. The van der Waals surface area contributed by atoms with Gasteiger partial charge in [0.05, 0.1) is 0 Å². The van der Waals surface area contributed by atoms with Gasteiger partial charge in [-0.25, -0.2) is 0 Å². The van der Waals surface area contributed by atoms with Crippen molar-refractivity contribution in [2.24, 2.45) is 5.41 Å². The van der Waals surface area contributed by atoms with E-state index in [0.717, 1.165) is 10.9 Å². The van der Waals surface area contributed by atoms with Crippen molar-refractivity contribution < 1.29 is 0 Å². The zero-order valence-corrected chi connectivity index (χ0v) is 10.1. The molecule has 0 nitrogen and oxygen atoms in total. The Labute approximate surface area is 89.5 Å². The van der Waals surface area contributed by atoms with Crippen LogP contribution in [0.2, 0.25) is 0 Å². The van der Waals surface area contributed by atoms with Gasteiger partial charge in [0.25, 0.3) is 0 Å². The van der Waals surface area contributed by atoms with Crippen LogP contribution in [-0.4, -0.2) is 0 Å². The fraction of sp³-hybridized carbons (Fsp3) is 0.500. The molecule has 0 aromatic heterocycles. The molecule has 0 unspecified atom stereocenters. The van der Waals surface area contributed by atoms with Gasteiger partial charge >= 0.3 is 0 Å². The van der Waals surface area contributed by atoms with E-state index >= 15 is 0 Å². The number of hydrogen-bond acceptors (Lipinski definition) is 0. The van der Waals surface area contributed by atoms with Crippen LogP contribution in [0.5, 0.6) is 0 Å². The molecule has 13 heavy (non-hydrogen) atoms. The minimum Gasteiger partial charge on any atom is -0.0988 e. The molecule has 0 aromatic carbocycles. The van der Waals surface area contributed by atoms with Gasteiger partial charge in [-0.2, -0.15) is 0 Å². The second kappa shape index (κ2) is 3.83. The van der Waals surface area contributed by atoms with Crippen LogP contribution in [0.3, 0.4) is 0 Å². The largest absolute Gasteiger partial charge is 0.0988 e. The average molecular weight is 241 g/mol. The second-order valence-corrected chi connectivity index (χ2v) is 5.20. The lowest BCUT2D eigenvalue weighted by atomic mass is 9.72. The van der Waals surface area contributed by atoms with Crippen molar-refractivity contribution in [3.63, 3.8) is 0 Å². The van der Waals surface area contributed by atoms with Gasteiger partial charge in [-0.05, 0) is 35.8 Å². The number of rotatable bonds is 2. The lowest BCUT2D eigenvalue weighted by Crippen LogP contribution is -2.19. The normalized spacial score (nSPS) is 21.5. The number of allylic oxidation sites excluding steroid dienone is 4. The quantitative estimate of drug-likeness (QED) is 0.663. The fourth-order valence-corrected chi connectivity index (χ4v) is 2.48. The molecule has 72 valence electrons. The third kappa shape index (κ3) is 2.14. The van der Waals surface area contributed by atoms with Crippen molar-refractivity contribution in [3.05, 3.63) is 34.9 Å². The van der Waals surface area contributed by atoms with Gasteiger partial charge < -0.3 is 0 Å². The molecule has 0 heterocycles. The molecule has 0 aliphatic heterocycles. The van der Waals surface area contributed by atoms with Gasteiger partial charge in [0.1, 0.15) is 0 Å². The van der Waals surface area contributed by atoms with Gasteiger partial charge in [0, 0.05) is 4.48 Å². The summed E-state index contributed by atoms with van der Waals surface area (Å²) in [5.41, 5.74) is 2.98. The first-order valence-electron chi connectivity index (χ1n) is 4.70. The predicted molar refractivity (Wildman–Crippen MR) is 62.9 cm³/mol. The third-order valence-electron chi connectivity index (χ3n) is 2.81. The molecular weight excluding hydrogens is 224 g/mol. The summed E-state index contributed by atoms with van der Waals surface area (Å²) < 4.78 is 1.02. The molecule has 1 rings (SSSR count). The Morgan fingerprint density at radius 1 is 1.54 bits per heavy atom. The molecular formula is C12H17Br. The molecule has 0 spiro atoms. The van der Waals surface area contributed by atoms with Crippen molar-refractivity contribution >= 4 is 15.9 Å². The van der Waals surface area contributed by atoms with E-state index in [1.165, 1.54) is 24.0 Å². The zero-order chi connectivity index (χ0) is 10.1. The highest BCUT2D eigenvalue weighted by Crippen LogP contribution is 2.43. The smallest absolute Gasteiger partial charge is 0.0138 e. The molecule has 0 amide bonds. The highest BCUT2D eigenvalue weighted by molar-refractivity contribution is 9.11. The van der Waals surface area contributed by atoms with E-state index in [9.17, 15) is 0 Å². The monoisotopic (exact) mass is 240 g/mol. The Bertz CT molecular complexity index is 269. The Morgan fingerprint density at radius 3 is 2.54 bits per heavy atom.